The lowest BCUT2D eigenvalue weighted by atomic mass is 10.1. The van der Waals surface area contributed by atoms with Crippen LogP contribution in [-0.2, 0) is 10.5 Å². The van der Waals surface area contributed by atoms with E-state index in [9.17, 15) is 9.18 Å². The molecule has 0 aromatic heterocycles. The Kier molecular flexibility index (Phi) is 6.02. The quantitative estimate of drug-likeness (QED) is 0.439. The van der Waals surface area contributed by atoms with Crippen LogP contribution in [-0.4, -0.2) is 11.1 Å². The summed E-state index contributed by atoms with van der Waals surface area (Å²) < 4.78 is 13.2. The number of carbonyl (C=O) groups is 1. The molecular weight excluding hydrogens is 419 g/mol. The summed E-state index contributed by atoms with van der Waals surface area (Å²) in [7, 11) is 0. The number of hydrogen-bond acceptors (Lipinski definition) is 3. The lowest BCUT2D eigenvalue weighted by Crippen LogP contribution is -2.30. The Hall–Kier alpha value is -2.89. The number of anilines is 1. The van der Waals surface area contributed by atoms with Gasteiger partial charge >= 0.3 is 0 Å². The fourth-order valence-corrected chi connectivity index (χ4v) is 4.14. The average Bonchev–Trinajstić information content (AvgIpc) is 3.04. The second-order valence-corrected chi connectivity index (χ2v) is 8.25. The van der Waals surface area contributed by atoms with Crippen LogP contribution < -0.4 is 4.90 Å². The molecule has 0 fully saturated rings. The number of thioether (sulfide) groups is 1. The number of amidine groups is 1. The molecule has 6 heteroatoms. The molecule has 3 nitrogen and oxygen atoms in total. The standard InChI is InChI=1S/C24H18ClFN2OS/c1-16-5-7-17(8-6-16)13-22-23(29)28(21-4-2-3-19(25)14-21)24(27-22)30-15-18-9-11-20(26)12-10-18/h2-14H,15H2,1H3/b22-13+. The molecule has 3 aromatic rings. The van der Waals surface area contributed by atoms with Gasteiger partial charge in [-0.1, -0.05) is 71.4 Å². The molecule has 150 valence electrons. The third-order valence-electron chi connectivity index (χ3n) is 4.56. The van der Waals surface area contributed by atoms with Crippen molar-refractivity contribution in [3.05, 3.63) is 106 Å². The van der Waals surface area contributed by atoms with Crippen LogP contribution in [0.5, 0.6) is 0 Å². The Morgan fingerprint density at radius 1 is 1.07 bits per heavy atom. The normalized spacial score (nSPS) is 15.0. The largest absolute Gasteiger partial charge is 0.283 e. The van der Waals surface area contributed by atoms with Crippen molar-refractivity contribution >= 4 is 46.2 Å². The number of carbonyl (C=O) groups excluding carboxylic acids is 1. The highest BCUT2D eigenvalue weighted by Crippen LogP contribution is 2.32. The van der Waals surface area contributed by atoms with E-state index in [1.807, 2.05) is 37.3 Å². The number of amides is 1. The summed E-state index contributed by atoms with van der Waals surface area (Å²) in [5.74, 6) is 0.0711. The summed E-state index contributed by atoms with van der Waals surface area (Å²) in [5.41, 5.74) is 4.02. The van der Waals surface area contributed by atoms with Crippen LogP contribution in [0.4, 0.5) is 10.1 Å². The molecule has 0 aliphatic carbocycles. The highest BCUT2D eigenvalue weighted by molar-refractivity contribution is 8.13. The molecule has 4 rings (SSSR count). The van der Waals surface area contributed by atoms with Crippen LogP contribution in [0.15, 0.2) is 83.5 Å². The third-order valence-corrected chi connectivity index (χ3v) is 5.80. The molecule has 0 radical (unpaired) electrons. The third kappa shape index (κ3) is 4.64. The Morgan fingerprint density at radius 2 is 1.80 bits per heavy atom. The highest BCUT2D eigenvalue weighted by atomic mass is 35.5. The maximum absolute atomic E-state index is 13.2. The zero-order chi connectivity index (χ0) is 21.1. The van der Waals surface area contributed by atoms with Gasteiger partial charge in [0.2, 0.25) is 0 Å². The molecule has 0 saturated carbocycles. The number of aliphatic imine (C=N–C) groups is 1. The summed E-state index contributed by atoms with van der Waals surface area (Å²) in [4.78, 5) is 19.4. The molecule has 1 aliphatic heterocycles. The Bertz CT molecular complexity index is 1140. The summed E-state index contributed by atoms with van der Waals surface area (Å²) in [6.07, 6.45) is 1.78. The van der Waals surface area contributed by atoms with Crippen molar-refractivity contribution < 1.29 is 9.18 Å². The van der Waals surface area contributed by atoms with Crippen molar-refractivity contribution in [2.45, 2.75) is 12.7 Å². The van der Waals surface area contributed by atoms with Gasteiger partial charge in [-0.25, -0.2) is 9.38 Å². The number of rotatable bonds is 4. The van der Waals surface area contributed by atoms with Crippen LogP contribution >= 0.6 is 23.4 Å². The highest BCUT2D eigenvalue weighted by Gasteiger charge is 2.32. The molecule has 0 N–H and O–H groups in total. The summed E-state index contributed by atoms with van der Waals surface area (Å²) in [6, 6.07) is 21.3. The van der Waals surface area contributed by atoms with Gasteiger partial charge in [0.1, 0.15) is 11.5 Å². The van der Waals surface area contributed by atoms with Gasteiger partial charge in [-0.15, -0.1) is 0 Å². The van der Waals surface area contributed by atoms with Crippen LogP contribution in [0.1, 0.15) is 16.7 Å². The molecule has 0 atom stereocenters. The van der Waals surface area contributed by atoms with Crippen molar-refractivity contribution in [3.8, 4) is 0 Å². The molecule has 0 saturated heterocycles. The molecule has 1 amide bonds. The van der Waals surface area contributed by atoms with E-state index in [4.69, 9.17) is 11.6 Å². The second kappa shape index (κ2) is 8.86. The minimum Gasteiger partial charge on any atom is -0.266 e. The van der Waals surface area contributed by atoms with Crippen LogP contribution in [0, 0.1) is 12.7 Å². The van der Waals surface area contributed by atoms with Gasteiger partial charge in [-0.3, -0.25) is 9.69 Å². The lowest BCUT2D eigenvalue weighted by molar-refractivity contribution is -0.113. The molecule has 1 aliphatic rings. The summed E-state index contributed by atoms with van der Waals surface area (Å²) in [5, 5.41) is 1.10. The Morgan fingerprint density at radius 3 is 2.50 bits per heavy atom. The van der Waals surface area contributed by atoms with Gasteiger partial charge in [-0.05, 0) is 54.5 Å². The van der Waals surface area contributed by atoms with Crippen LogP contribution in [0.3, 0.4) is 0 Å². The van der Waals surface area contributed by atoms with E-state index < -0.39 is 0 Å². The van der Waals surface area contributed by atoms with Crippen LogP contribution in [0.2, 0.25) is 5.02 Å². The first-order chi connectivity index (χ1) is 14.5. The minimum atomic E-state index is -0.277. The average molecular weight is 437 g/mol. The molecule has 0 unspecified atom stereocenters. The van der Waals surface area contributed by atoms with Gasteiger partial charge in [0.05, 0.1) is 5.69 Å². The first-order valence-electron chi connectivity index (χ1n) is 9.34. The number of aryl methyl sites for hydroxylation is 1. The van der Waals surface area contributed by atoms with Crippen molar-refractivity contribution in [2.75, 3.05) is 4.90 Å². The SMILES string of the molecule is Cc1ccc(/C=C2/N=C(SCc3ccc(F)cc3)N(c3cccc(Cl)c3)C2=O)cc1. The first kappa shape index (κ1) is 20.4. The summed E-state index contributed by atoms with van der Waals surface area (Å²) in [6.45, 7) is 2.01. The van der Waals surface area contributed by atoms with Crippen LogP contribution in [0.25, 0.3) is 6.08 Å². The number of halogens is 2. The zero-order valence-electron chi connectivity index (χ0n) is 16.2. The van der Waals surface area contributed by atoms with E-state index in [2.05, 4.69) is 4.99 Å². The van der Waals surface area contributed by atoms with E-state index >= 15 is 0 Å². The van der Waals surface area contributed by atoms with E-state index in [1.54, 1.807) is 41.3 Å². The fraction of sp³-hybridized carbons (Fsp3) is 0.0833. The number of benzene rings is 3. The Balaban J connectivity index is 1.66. The van der Waals surface area contributed by atoms with Gasteiger partial charge in [-0.2, -0.15) is 0 Å². The molecule has 30 heavy (non-hydrogen) atoms. The van der Waals surface area contributed by atoms with Gasteiger partial charge in [0.25, 0.3) is 5.91 Å². The van der Waals surface area contributed by atoms with Crippen molar-refractivity contribution in [2.24, 2.45) is 4.99 Å². The van der Waals surface area contributed by atoms with E-state index in [0.717, 1.165) is 16.7 Å². The lowest BCUT2D eigenvalue weighted by Gasteiger charge is -2.18. The second-order valence-electron chi connectivity index (χ2n) is 6.87. The zero-order valence-corrected chi connectivity index (χ0v) is 17.8. The maximum Gasteiger partial charge on any atom is 0.283 e. The number of hydrogen-bond donors (Lipinski definition) is 0. The smallest absolute Gasteiger partial charge is 0.266 e. The maximum atomic E-state index is 13.2. The predicted molar refractivity (Wildman–Crippen MR) is 123 cm³/mol. The topological polar surface area (TPSA) is 32.7 Å². The van der Waals surface area contributed by atoms with E-state index in [-0.39, 0.29) is 11.7 Å². The van der Waals surface area contributed by atoms with Gasteiger partial charge in [0.15, 0.2) is 5.17 Å². The summed E-state index contributed by atoms with van der Waals surface area (Å²) >= 11 is 7.57. The molecule has 1 heterocycles. The monoisotopic (exact) mass is 436 g/mol. The van der Waals surface area contributed by atoms with Crippen molar-refractivity contribution in [1.29, 1.82) is 0 Å². The Labute approximate surface area is 183 Å². The van der Waals surface area contributed by atoms with Crippen molar-refractivity contribution in [1.82, 2.24) is 0 Å². The van der Waals surface area contributed by atoms with E-state index in [1.165, 1.54) is 23.9 Å². The van der Waals surface area contributed by atoms with Crippen molar-refractivity contribution in [3.63, 3.8) is 0 Å². The number of nitrogens with zero attached hydrogens (tertiary/aromatic N) is 2. The molecule has 0 spiro atoms. The first-order valence-corrected chi connectivity index (χ1v) is 10.7. The van der Waals surface area contributed by atoms with Gasteiger partial charge in [0, 0.05) is 10.8 Å². The molecule has 3 aromatic carbocycles. The molecule has 0 bridgehead atoms. The van der Waals surface area contributed by atoms with Gasteiger partial charge < -0.3 is 0 Å². The van der Waals surface area contributed by atoms with E-state index in [0.29, 0.717) is 27.3 Å². The fourth-order valence-electron chi connectivity index (χ4n) is 2.99. The predicted octanol–water partition coefficient (Wildman–Crippen LogP) is 6.46. The minimum absolute atomic E-state index is 0.209. The molecular formula is C24H18ClFN2OS.